The number of hydrogen-bond donors (Lipinski definition) is 1. The fourth-order valence-electron chi connectivity index (χ4n) is 2.83. The van der Waals surface area contributed by atoms with E-state index in [9.17, 15) is 8.42 Å². The number of aromatic nitrogens is 2. The zero-order valence-electron chi connectivity index (χ0n) is 14.0. The van der Waals surface area contributed by atoms with Gasteiger partial charge in [0.05, 0.1) is 11.9 Å². The molecule has 0 saturated carbocycles. The summed E-state index contributed by atoms with van der Waals surface area (Å²) in [5.74, 6) is 1.55. The van der Waals surface area contributed by atoms with Crippen molar-refractivity contribution in [3.8, 4) is 0 Å². The molecule has 2 aromatic rings. The minimum absolute atomic E-state index is 0.672. The van der Waals surface area contributed by atoms with Crippen molar-refractivity contribution >= 4 is 27.5 Å². The van der Waals surface area contributed by atoms with Crippen LogP contribution in [0.3, 0.4) is 0 Å². The lowest BCUT2D eigenvalue weighted by atomic mass is 9.98. The minimum atomic E-state index is -3.28. The molecular weight excluding hydrogens is 326 g/mol. The van der Waals surface area contributed by atoms with Crippen molar-refractivity contribution in [2.24, 2.45) is 0 Å². The monoisotopic (exact) mass is 347 g/mol. The summed E-state index contributed by atoms with van der Waals surface area (Å²) in [5, 5.41) is 0. The van der Waals surface area contributed by atoms with Crippen LogP contribution < -0.4 is 14.5 Å². The van der Waals surface area contributed by atoms with E-state index in [-0.39, 0.29) is 0 Å². The Hall–Kier alpha value is -2.35. The molecule has 0 fully saturated rings. The highest BCUT2D eigenvalue weighted by atomic mass is 32.2. The fraction of sp³-hybridized carbons (Fsp3) is 0.375. The Kier molecular flexibility index (Phi) is 4.31. The number of nitrogens with zero attached hydrogens (tertiary/aromatic N) is 4. The van der Waals surface area contributed by atoms with E-state index in [1.54, 1.807) is 6.20 Å². The molecule has 0 atom stereocenters. The highest BCUT2D eigenvalue weighted by Gasteiger charge is 2.21. The largest absolute Gasteiger partial charge is 0.352 e. The highest BCUT2D eigenvalue weighted by Crippen LogP contribution is 2.29. The molecule has 2 heterocycles. The molecule has 1 N–H and O–H groups in total. The van der Waals surface area contributed by atoms with Gasteiger partial charge in [0.15, 0.2) is 0 Å². The van der Waals surface area contributed by atoms with E-state index in [4.69, 9.17) is 0 Å². The molecule has 0 unspecified atom stereocenters. The summed E-state index contributed by atoms with van der Waals surface area (Å²) in [4.78, 5) is 12.9. The van der Waals surface area contributed by atoms with Crippen LogP contribution in [-0.2, 0) is 23.0 Å². The third kappa shape index (κ3) is 3.59. The van der Waals surface area contributed by atoms with Gasteiger partial charge in [-0.1, -0.05) is 12.1 Å². The molecule has 1 aromatic heterocycles. The average molecular weight is 347 g/mol. The Balaban J connectivity index is 1.88. The van der Waals surface area contributed by atoms with Gasteiger partial charge in [-0.05, 0) is 29.7 Å². The fourth-order valence-corrected chi connectivity index (χ4v) is 3.42. The summed E-state index contributed by atoms with van der Waals surface area (Å²) in [6.07, 6.45) is 3.69. The van der Waals surface area contributed by atoms with E-state index >= 15 is 0 Å². The predicted octanol–water partition coefficient (Wildman–Crippen LogP) is 1.48. The second-order valence-electron chi connectivity index (χ2n) is 6.10. The molecule has 0 aliphatic carbocycles. The lowest BCUT2D eigenvalue weighted by Gasteiger charge is -2.31. The number of fused-ring (bicyclic) bond motifs is 1. The topological polar surface area (TPSA) is 78.4 Å². The Morgan fingerprint density at radius 3 is 2.75 bits per heavy atom. The molecule has 0 saturated heterocycles. The maximum absolute atomic E-state index is 11.5. The molecule has 7 nitrogen and oxygen atoms in total. The van der Waals surface area contributed by atoms with E-state index in [0.29, 0.717) is 18.2 Å². The first-order valence-corrected chi connectivity index (χ1v) is 9.56. The number of anilines is 3. The van der Waals surface area contributed by atoms with Crippen LogP contribution in [0.5, 0.6) is 0 Å². The van der Waals surface area contributed by atoms with E-state index in [1.807, 2.05) is 43.3 Å². The number of rotatable bonds is 4. The van der Waals surface area contributed by atoms with Gasteiger partial charge in [0.25, 0.3) is 0 Å². The van der Waals surface area contributed by atoms with Gasteiger partial charge in [0, 0.05) is 33.4 Å². The second-order valence-corrected chi connectivity index (χ2v) is 7.85. The summed E-state index contributed by atoms with van der Waals surface area (Å²) < 4.78 is 25.7. The maximum Gasteiger partial charge on any atom is 0.229 e. The van der Waals surface area contributed by atoms with Crippen molar-refractivity contribution in [2.45, 2.75) is 13.0 Å². The molecule has 24 heavy (non-hydrogen) atoms. The van der Waals surface area contributed by atoms with Gasteiger partial charge in [0.1, 0.15) is 5.82 Å². The third-order valence-electron chi connectivity index (χ3n) is 3.91. The van der Waals surface area contributed by atoms with Crippen LogP contribution in [0.2, 0.25) is 0 Å². The Bertz CT molecular complexity index is 851. The molecule has 0 bridgehead atoms. The summed E-state index contributed by atoms with van der Waals surface area (Å²) in [6.45, 7) is 1.47. The van der Waals surface area contributed by atoms with Crippen LogP contribution in [0.15, 0.2) is 30.5 Å². The van der Waals surface area contributed by atoms with E-state index in [1.165, 1.54) is 6.26 Å². The normalized spacial score (nSPS) is 14.2. The predicted molar refractivity (Wildman–Crippen MR) is 96.0 cm³/mol. The molecule has 0 amide bonds. The molecule has 128 valence electrons. The summed E-state index contributed by atoms with van der Waals surface area (Å²) in [6, 6.07) is 7.62. The second kappa shape index (κ2) is 6.27. The highest BCUT2D eigenvalue weighted by molar-refractivity contribution is 7.92. The number of hydrogen-bond acceptors (Lipinski definition) is 6. The van der Waals surface area contributed by atoms with Crippen molar-refractivity contribution in [2.75, 3.05) is 41.4 Å². The van der Waals surface area contributed by atoms with E-state index in [0.717, 1.165) is 29.9 Å². The van der Waals surface area contributed by atoms with Gasteiger partial charge in [-0.2, -0.15) is 4.98 Å². The van der Waals surface area contributed by atoms with Crippen LogP contribution >= 0.6 is 0 Å². The van der Waals surface area contributed by atoms with Gasteiger partial charge < -0.3 is 9.80 Å². The quantitative estimate of drug-likeness (QED) is 0.902. The van der Waals surface area contributed by atoms with Crippen molar-refractivity contribution in [1.29, 1.82) is 0 Å². The summed E-state index contributed by atoms with van der Waals surface area (Å²) >= 11 is 0. The summed E-state index contributed by atoms with van der Waals surface area (Å²) in [7, 11) is 0.540. The number of nitrogens with one attached hydrogen (secondary N) is 1. The lowest BCUT2D eigenvalue weighted by molar-refractivity contribution is 0.606. The van der Waals surface area contributed by atoms with Crippen LogP contribution in [0.25, 0.3) is 0 Å². The summed E-state index contributed by atoms with van der Waals surface area (Å²) in [5.41, 5.74) is 2.84. The van der Waals surface area contributed by atoms with E-state index < -0.39 is 10.0 Å². The first-order valence-electron chi connectivity index (χ1n) is 7.67. The molecule has 0 spiro atoms. The molecule has 3 rings (SSSR count). The lowest BCUT2D eigenvalue weighted by Crippen LogP contribution is -2.32. The van der Waals surface area contributed by atoms with Crippen molar-refractivity contribution in [1.82, 2.24) is 9.97 Å². The van der Waals surface area contributed by atoms with Crippen molar-refractivity contribution < 1.29 is 8.42 Å². The molecule has 8 heteroatoms. The molecule has 1 aliphatic rings. The molecular formula is C16H21N5O2S. The SMILES string of the molecule is CN(C)c1nccc(N2CCc3c(cccc3NS(C)(=O)=O)C2)n1. The van der Waals surface area contributed by atoms with Crippen LogP contribution in [0.4, 0.5) is 17.5 Å². The van der Waals surface area contributed by atoms with Gasteiger partial charge in [0.2, 0.25) is 16.0 Å². The zero-order valence-corrected chi connectivity index (χ0v) is 14.8. The van der Waals surface area contributed by atoms with Crippen molar-refractivity contribution in [3.63, 3.8) is 0 Å². The standard InChI is InChI=1S/C16H21N5O2S/c1-20(2)16-17-9-7-15(18-16)21-10-8-13-12(11-21)5-4-6-14(13)19-24(3,22)23/h4-7,9,19H,8,10-11H2,1-3H3. The van der Waals surface area contributed by atoms with Gasteiger partial charge in [-0.15, -0.1) is 0 Å². The Morgan fingerprint density at radius 1 is 1.25 bits per heavy atom. The number of sulfonamides is 1. The first-order chi connectivity index (χ1) is 11.3. The first kappa shape index (κ1) is 16.5. The van der Waals surface area contributed by atoms with E-state index in [2.05, 4.69) is 19.6 Å². The van der Waals surface area contributed by atoms with Crippen LogP contribution in [-0.4, -0.2) is 45.3 Å². The van der Waals surface area contributed by atoms with Crippen LogP contribution in [0.1, 0.15) is 11.1 Å². The van der Waals surface area contributed by atoms with Gasteiger partial charge in [-0.25, -0.2) is 13.4 Å². The maximum atomic E-state index is 11.5. The Morgan fingerprint density at radius 2 is 2.04 bits per heavy atom. The molecule has 1 aromatic carbocycles. The van der Waals surface area contributed by atoms with Gasteiger partial charge in [-0.3, -0.25) is 4.72 Å². The Labute approximate surface area is 142 Å². The van der Waals surface area contributed by atoms with Gasteiger partial charge >= 0.3 is 0 Å². The smallest absolute Gasteiger partial charge is 0.229 e. The molecule has 0 radical (unpaired) electrons. The van der Waals surface area contributed by atoms with Crippen molar-refractivity contribution in [3.05, 3.63) is 41.6 Å². The average Bonchev–Trinajstić information content (AvgIpc) is 2.53. The minimum Gasteiger partial charge on any atom is -0.352 e. The molecule has 1 aliphatic heterocycles. The zero-order chi connectivity index (χ0) is 17.3. The van der Waals surface area contributed by atoms with Crippen LogP contribution in [0, 0.1) is 0 Å². The third-order valence-corrected chi connectivity index (χ3v) is 4.50. The number of benzene rings is 1.